The van der Waals surface area contributed by atoms with Gasteiger partial charge in [0.25, 0.3) is 5.91 Å². The van der Waals surface area contributed by atoms with Gasteiger partial charge in [-0.3, -0.25) is 9.59 Å². The molecule has 7 nitrogen and oxygen atoms in total. The van der Waals surface area contributed by atoms with Crippen LogP contribution in [-0.4, -0.2) is 55.3 Å². The van der Waals surface area contributed by atoms with Crippen LogP contribution in [0.1, 0.15) is 29.6 Å². The molecule has 134 valence electrons. The lowest BCUT2D eigenvalue weighted by Gasteiger charge is -2.24. The topological polar surface area (TPSA) is 85.3 Å². The summed E-state index contributed by atoms with van der Waals surface area (Å²) in [5, 5.41) is 9.69. The first-order valence-electron chi connectivity index (χ1n) is 8.55. The van der Waals surface area contributed by atoms with E-state index < -0.39 is 11.4 Å². The minimum Gasteiger partial charge on any atom is -0.493 e. The number of ether oxygens (including phenoxy) is 3. The van der Waals surface area contributed by atoms with Crippen LogP contribution < -0.4 is 14.2 Å². The molecule has 0 aromatic heterocycles. The largest absolute Gasteiger partial charge is 0.493 e. The number of aliphatic carboxylic acids is 1. The zero-order valence-electron chi connectivity index (χ0n) is 14.1. The van der Waals surface area contributed by atoms with Crippen LogP contribution in [-0.2, 0) is 4.79 Å². The third-order valence-electron chi connectivity index (χ3n) is 5.66. The summed E-state index contributed by atoms with van der Waals surface area (Å²) in [7, 11) is 1.52. The molecule has 1 saturated carbocycles. The first-order valence-corrected chi connectivity index (χ1v) is 8.55. The number of carbonyl (C=O) groups excluding carboxylic acids is 1. The molecule has 1 N–H and O–H groups in total. The van der Waals surface area contributed by atoms with Crippen LogP contribution in [0.3, 0.4) is 0 Å². The molecule has 0 unspecified atom stereocenters. The normalized spacial score (nSPS) is 27.1. The monoisotopic (exact) mass is 347 g/mol. The number of nitrogens with zero attached hydrogens (tertiary/aromatic N) is 1. The summed E-state index contributed by atoms with van der Waals surface area (Å²) < 4.78 is 16.5. The Morgan fingerprint density at radius 2 is 2.12 bits per heavy atom. The Balaban J connectivity index is 1.63. The Labute approximate surface area is 145 Å². The van der Waals surface area contributed by atoms with E-state index in [1.165, 1.54) is 7.11 Å². The van der Waals surface area contributed by atoms with E-state index in [-0.39, 0.29) is 18.4 Å². The van der Waals surface area contributed by atoms with Gasteiger partial charge in [0.05, 0.1) is 12.5 Å². The smallest absolute Gasteiger partial charge is 0.311 e. The van der Waals surface area contributed by atoms with Crippen molar-refractivity contribution in [2.75, 3.05) is 33.4 Å². The minimum atomic E-state index is -0.787. The fourth-order valence-electron chi connectivity index (χ4n) is 4.37. The molecule has 2 atom stereocenters. The molecule has 2 heterocycles. The van der Waals surface area contributed by atoms with Gasteiger partial charge in [-0.25, -0.2) is 0 Å². The van der Waals surface area contributed by atoms with Crippen LogP contribution in [0.25, 0.3) is 0 Å². The van der Waals surface area contributed by atoms with Crippen molar-refractivity contribution < 1.29 is 28.9 Å². The van der Waals surface area contributed by atoms with Crippen molar-refractivity contribution >= 4 is 11.9 Å². The third kappa shape index (κ3) is 2.41. The number of fused-ring (bicyclic) bond motifs is 2. The van der Waals surface area contributed by atoms with Crippen molar-refractivity contribution in [2.45, 2.75) is 19.3 Å². The van der Waals surface area contributed by atoms with Crippen LogP contribution in [0.4, 0.5) is 0 Å². The molecule has 3 aliphatic rings. The van der Waals surface area contributed by atoms with Gasteiger partial charge in [0, 0.05) is 18.7 Å². The molecule has 25 heavy (non-hydrogen) atoms. The zero-order valence-corrected chi connectivity index (χ0v) is 14.1. The van der Waals surface area contributed by atoms with Crippen molar-refractivity contribution in [3.05, 3.63) is 17.7 Å². The van der Waals surface area contributed by atoms with Gasteiger partial charge >= 0.3 is 5.97 Å². The third-order valence-corrected chi connectivity index (χ3v) is 5.66. The lowest BCUT2D eigenvalue weighted by Crippen LogP contribution is -2.37. The number of carboxylic acid groups (broad SMARTS) is 1. The van der Waals surface area contributed by atoms with Gasteiger partial charge in [0.1, 0.15) is 13.2 Å². The molecule has 1 amide bonds. The molecule has 1 aromatic rings. The molecule has 7 heteroatoms. The number of hydrogen-bond acceptors (Lipinski definition) is 5. The summed E-state index contributed by atoms with van der Waals surface area (Å²) in [4.78, 5) is 26.4. The Kier molecular flexibility index (Phi) is 3.74. The highest BCUT2D eigenvalue weighted by Gasteiger charge is 2.55. The highest BCUT2D eigenvalue weighted by Crippen LogP contribution is 2.49. The number of rotatable bonds is 3. The number of carbonyl (C=O) groups is 2. The Bertz CT molecular complexity index is 715. The minimum absolute atomic E-state index is 0.0352. The van der Waals surface area contributed by atoms with Gasteiger partial charge in [-0.05, 0) is 30.9 Å². The number of benzene rings is 1. The van der Waals surface area contributed by atoms with E-state index in [2.05, 4.69) is 0 Å². The molecule has 0 bridgehead atoms. The van der Waals surface area contributed by atoms with Crippen molar-refractivity contribution in [2.24, 2.45) is 11.3 Å². The molecule has 1 aromatic carbocycles. The fraction of sp³-hybridized carbons (Fsp3) is 0.556. The van der Waals surface area contributed by atoms with Gasteiger partial charge in [-0.2, -0.15) is 0 Å². The Morgan fingerprint density at radius 1 is 1.32 bits per heavy atom. The molecule has 2 aliphatic heterocycles. The number of likely N-dealkylation sites (tertiary alicyclic amines) is 1. The van der Waals surface area contributed by atoms with Crippen LogP contribution in [0.15, 0.2) is 12.1 Å². The van der Waals surface area contributed by atoms with Crippen LogP contribution in [0.5, 0.6) is 17.2 Å². The SMILES string of the molecule is COc1cc(C(=O)N2C[C@@H]3CCC[C@@]3(C(=O)O)C2)cc2c1OCCO2. The van der Waals surface area contributed by atoms with Crippen LogP contribution in [0, 0.1) is 11.3 Å². The molecule has 0 spiro atoms. The molecule has 1 aliphatic carbocycles. The van der Waals surface area contributed by atoms with Gasteiger partial charge in [-0.1, -0.05) is 6.42 Å². The highest BCUT2D eigenvalue weighted by molar-refractivity contribution is 5.96. The van der Waals surface area contributed by atoms with E-state index in [9.17, 15) is 14.7 Å². The van der Waals surface area contributed by atoms with E-state index >= 15 is 0 Å². The van der Waals surface area contributed by atoms with Gasteiger partial charge < -0.3 is 24.2 Å². The second-order valence-corrected chi connectivity index (χ2v) is 6.94. The van der Waals surface area contributed by atoms with Crippen molar-refractivity contribution in [1.29, 1.82) is 0 Å². The fourth-order valence-corrected chi connectivity index (χ4v) is 4.37. The van der Waals surface area contributed by atoms with Gasteiger partial charge in [0.15, 0.2) is 11.5 Å². The summed E-state index contributed by atoms with van der Waals surface area (Å²) in [5.74, 6) is 0.503. The molecule has 2 fully saturated rings. The maximum atomic E-state index is 13.0. The highest BCUT2D eigenvalue weighted by atomic mass is 16.6. The van der Waals surface area contributed by atoms with Gasteiger partial charge in [0.2, 0.25) is 5.75 Å². The van der Waals surface area contributed by atoms with Crippen molar-refractivity contribution in [3.8, 4) is 17.2 Å². The average molecular weight is 347 g/mol. The molecule has 4 rings (SSSR count). The van der Waals surface area contributed by atoms with Crippen molar-refractivity contribution in [3.63, 3.8) is 0 Å². The predicted molar refractivity (Wildman–Crippen MR) is 87.3 cm³/mol. The first-order chi connectivity index (χ1) is 12.0. The van der Waals surface area contributed by atoms with Gasteiger partial charge in [-0.15, -0.1) is 0 Å². The zero-order chi connectivity index (χ0) is 17.6. The standard InChI is InChI=1S/C18H21NO6/c1-23-13-7-11(8-14-15(13)25-6-5-24-14)16(20)19-9-12-3-2-4-18(12,10-19)17(21)22/h7-8,12H,2-6,9-10H2,1H3,(H,21,22)/t12-,18+/m0/s1. The lowest BCUT2D eigenvalue weighted by molar-refractivity contribution is -0.149. The molecule has 0 radical (unpaired) electrons. The second-order valence-electron chi connectivity index (χ2n) is 6.94. The van der Waals surface area contributed by atoms with Crippen LogP contribution >= 0.6 is 0 Å². The van der Waals surface area contributed by atoms with E-state index in [0.29, 0.717) is 49.0 Å². The summed E-state index contributed by atoms with van der Waals surface area (Å²) in [5.41, 5.74) is -0.352. The Morgan fingerprint density at radius 3 is 2.84 bits per heavy atom. The Hall–Kier alpha value is -2.44. The van der Waals surface area contributed by atoms with E-state index in [1.54, 1.807) is 17.0 Å². The number of hydrogen-bond donors (Lipinski definition) is 1. The van der Waals surface area contributed by atoms with E-state index in [0.717, 1.165) is 12.8 Å². The number of amides is 1. The summed E-state index contributed by atoms with van der Waals surface area (Å²) in [6.07, 6.45) is 2.42. The first kappa shape index (κ1) is 16.1. The molecule has 1 saturated heterocycles. The number of carboxylic acids is 1. The molecular formula is C18H21NO6. The lowest BCUT2D eigenvalue weighted by atomic mass is 9.81. The number of methoxy groups -OCH3 is 1. The second kappa shape index (κ2) is 5.82. The average Bonchev–Trinajstić information content (AvgIpc) is 3.18. The van der Waals surface area contributed by atoms with E-state index in [4.69, 9.17) is 14.2 Å². The quantitative estimate of drug-likeness (QED) is 0.897. The van der Waals surface area contributed by atoms with E-state index in [1.807, 2.05) is 0 Å². The molecular weight excluding hydrogens is 326 g/mol. The maximum Gasteiger partial charge on any atom is 0.311 e. The predicted octanol–water partition coefficient (Wildman–Crippen LogP) is 1.79. The summed E-state index contributed by atoms with van der Waals surface area (Å²) >= 11 is 0. The summed E-state index contributed by atoms with van der Waals surface area (Å²) in [6.45, 7) is 1.61. The maximum absolute atomic E-state index is 13.0. The van der Waals surface area contributed by atoms with Crippen LogP contribution in [0.2, 0.25) is 0 Å². The summed E-state index contributed by atoms with van der Waals surface area (Å²) in [6, 6.07) is 3.29. The van der Waals surface area contributed by atoms with Crippen molar-refractivity contribution in [1.82, 2.24) is 4.90 Å².